The highest BCUT2D eigenvalue weighted by Gasteiger charge is 2.52. The topological polar surface area (TPSA) is 43.4 Å². The molecule has 0 bridgehead atoms. The van der Waals surface area contributed by atoms with E-state index in [0.717, 1.165) is 29.9 Å². The van der Waals surface area contributed by atoms with E-state index in [1.165, 1.54) is 0 Å². The maximum absolute atomic E-state index is 6.11. The van der Waals surface area contributed by atoms with Crippen molar-refractivity contribution in [3.05, 3.63) is 17.8 Å². The molecule has 0 saturated carbocycles. The fourth-order valence-electron chi connectivity index (χ4n) is 2.11. The minimum atomic E-state index is -0.368. The van der Waals surface area contributed by atoms with E-state index >= 15 is 0 Å². The van der Waals surface area contributed by atoms with Gasteiger partial charge in [-0.3, -0.25) is 0 Å². The normalized spacial score (nSPS) is 20.2. The Morgan fingerprint density at radius 3 is 2.30 bits per heavy atom. The second kappa shape index (κ2) is 5.37. The number of pyridine rings is 1. The van der Waals surface area contributed by atoms with Gasteiger partial charge in [-0.2, -0.15) is 0 Å². The molecule has 1 aliphatic rings. The van der Waals surface area contributed by atoms with Crippen LogP contribution in [0.25, 0.3) is 0 Å². The average Bonchev–Trinajstić information content (AvgIpc) is 2.55. The van der Waals surface area contributed by atoms with Crippen LogP contribution in [-0.2, 0) is 9.31 Å². The van der Waals surface area contributed by atoms with E-state index in [1.807, 2.05) is 19.1 Å². The molecule has 0 amide bonds. The van der Waals surface area contributed by atoms with Crippen molar-refractivity contribution in [2.45, 2.75) is 59.2 Å². The smallest absolute Gasteiger partial charge is 0.399 e. The first kappa shape index (κ1) is 15.3. The molecule has 1 fully saturated rings. The quantitative estimate of drug-likeness (QED) is 0.858. The molecular formula is C15H25BN2O2. The lowest BCUT2D eigenvalue weighted by molar-refractivity contribution is 0.00578. The third-order valence-corrected chi connectivity index (χ3v) is 4.12. The number of hydrogen-bond acceptors (Lipinski definition) is 4. The van der Waals surface area contributed by atoms with Gasteiger partial charge >= 0.3 is 7.12 Å². The zero-order chi connectivity index (χ0) is 15.0. The summed E-state index contributed by atoms with van der Waals surface area (Å²) >= 11 is 0. The molecule has 1 N–H and O–H groups in total. The van der Waals surface area contributed by atoms with Crippen LogP contribution < -0.4 is 10.8 Å². The van der Waals surface area contributed by atoms with Crippen LogP contribution in [0, 0.1) is 6.92 Å². The van der Waals surface area contributed by atoms with Crippen LogP contribution in [0.5, 0.6) is 0 Å². The van der Waals surface area contributed by atoms with Crippen molar-refractivity contribution >= 4 is 18.4 Å². The maximum atomic E-state index is 6.11. The summed E-state index contributed by atoms with van der Waals surface area (Å²) in [6, 6.07) is 4.04. The van der Waals surface area contributed by atoms with Gasteiger partial charge in [-0.25, -0.2) is 4.98 Å². The van der Waals surface area contributed by atoms with Gasteiger partial charge in [0.1, 0.15) is 5.82 Å². The van der Waals surface area contributed by atoms with Crippen molar-refractivity contribution in [2.24, 2.45) is 0 Å². The summed E-state index contributed by atoms with van der Waals surface area (Å²) in [6.45, 7) is 13.3. The summed E-state index contributed by atoms with van der Waals surface area (Å²) in [5.41, 5.74) is 1.31. The molecule has 0 aliphatic carbocycles. The van der Waals surface area contributed by atoms with Crippen molar-refractivity contribution in [3.8, 4) is 0 Å². The number of rotatable bonds is 4. The highest BCUT2D eigenvalue weighted by Crippen LogP contribution is 2.36. The Morgan fingerprint density at radius 2 is 1.75 bits per heavy atom. The Morgan fingerprint density at radius 1 is 1.15 bits per heavy atom. The Bertz CT molecular complexity index is 473. The number of nitrogens with zero attached hydrogens (tertiary/aromatic N) is 1. The Balaban J connectivity index is 2.29. The predicted molar refractivity (Wildman–Crippen MR) is 83.5 cm³/mol. The van der Waals surface area contributed by atoms with Crippen LogP contribution >= 0.6 is 0 Å². The van der Waals surface area contributed by atoms with E-state index in [-0.39, 0.29) is 18.3 Å². The van der Waals surface area contributed by atoms with Crippen molar-refractivity contribution in [1.29, 1.82) is 0 Å². The van der Waals surface area contributed by atoms with Crippen molar-refractivity contribution in [3.63, 3.8) is 0 Å². The molecule has 0 unspecified atom stereocenters. The van der Waals surface area contributed by atoms with Gasteiger partial charge in [0.2, 0.25) is 0 Å². The Hall–Kier alpha value is -1.07. The highest BCUT2D eigenvalue weighted by molar-refractivity contribution is 6.63. The zero-order valence-corrected chi connectivity index (χ0v) is 13.4. The van der Waals surface area contributed by atoms with Gasteiger partial charge in [0.25, 0.3) is 0 Å². The van der Waals surface area contributed by atoms with Gasteiger partial charge in [-0.15, -0.1) is 0 Å². The molecule has 1 aromatic heterocycles. The molecular weight excluding hydrogens is 251 g/mol. The minimum absolute atomic E-state index is 0.329. The number of aromatic nitrogens is 1. The SMILES string of the molecule is CCCNc1nc(C)ccc1B1OC(C)(C)C(C)(C)O1. The Kier molecular flexibility index (Phi) is 4.12. The summed E-state index contributed by atoms with van der Waals surface area (Å²) in [5, 5.41) is 3.36. The second-order valence-electron chi connectivity index (χ2n) is 6.41. The molecule has 2 heterocycles. The number of hydrogen-bond donors (Lipinski definition) is 1. The maximum Gasteiger partial charge on any atom is 0.498 e. The molecule has 1 saturated heterocycles. The first-order valence-corrected chi connectivity index (χ1v) is 7.34. The molecule has 0 atom stereocenters. The molecule has 2 rings (SSSR count). The van der Waals surface area contributed by atoms with Crippen LogP contribution in [-0.4, -0.2) is 29.8 Å². The Labute approximate surface area is 122 Å². The lowest BCUT2D eigenvalue weighted by Crippen LogP contribution is -2.41. The van der Waals surface area contributed by atoms with Crippen LogP contribution in [0.1, 0.15) is 46.7 Å². The van der Waals surface area contributed by atoms with E-state index in [1.54, 1.807) is 0 Å². The molecule has 1 aliphatic heterocycles. The monoisotopic (exact) mass is 276 g/mol. The van der Waals surface area contributed by atoms with E-state index in [4.69, 9.17) is 9.31 Å². The summed E-state index contributed by atoms with van der Waals surface area (Å²) in [6.07, 6.45) is 1.05. The number of nitrogens with one attached hydrogen (secondary N) is 1. The molecule has 0 radical (unpaired) electrons. The van der Waals surface area contributed by atoms with E-state index in [2.05, 4.69) is 44.9 Å². The van der Waals surface area contributed by atoms with Gasteiger partial charge in [-0.05, 0) is 47.1 Å². The minimum Gasteiger partial charge on any atom is -0.399 e. The standard InChI is InChI=1S/C15H25BN2O2/c1-7-10-17-13-12(9-8-11(2)18-13)16-19-14(3,4)15(5,6)20-16/h8-9H,7,10H2,1-6H3,(H,17,18). The summed E-state index contributed by atoms with van der Waals surface area (Å²) in [5.74, 6) is 0.866. The summed E-state index contributed by atoms with van der Waals surface area (Å²) in [4.78, 5) is 4.58. The van der Waals surface area contributed by atoms with Crippen molar-refractivity contribution < 1.29 is 9.31 Å². The largest absolute Gasteiger partial charge is 0.498 e. The van der Waals surface area contributed by atoms with Crippen LogP contribution in [0.15, 0.2) is 12.1 Å². The predicted octanol–water partition coefficient (Wildman–Crippen LogP) is 2.51. The van der Waals surface area contributed by atoms with Gasteiger partial charge in [0.15, 0.2) is 0 Å². The third-order valence-electron chi connectivity index (χ3n) is 4.12. The summed E-state index contributed by atoms with van der Waals surface area (Å²) < 4.78 is 12.2. The number of aryl methyl sites for hydroxylation is 1. The zero-order valence-electron chi connectivity index (χ0n) is 13.4. The van der Waals surface area contributed by atoms with Crippen LogP contribution in [0.4, 0.5) is 5.82 Å². The second-order valence-corrected chi connectivity index (χ2v) is 6.41. The lowest BCUT2D eigenvalue weighted by Gasteiger charge is -2.32. The lowest BCUT2D eigenvalue weighted by atomic mass is 9.79. The molecule has 0 aromatic carbocycles. The van der Waals surface area contributed by atoms with Crippen LogP contribution in [0.2, 0.25) is 0 Å². The first-order chi connectivity index (χ1) is 9.27. The fraction of sp³-hybridized carbons (Fsp3) is 0.667. The molecule has 20 heavy (non-hydrogen) atoms. The van der Waals surface area contributed by atoms with Gasteiger partial charge < -0.3 is 14.6 Å². The van der Waals surface area contributed by atoms with Crippen LogP contribution in [0.3, 0.4) is 0 Å². The van der Waals surface area contributed by atoms with E-state index in [0.29, 0.717) is 0 Å². The van der Waals surface area contributed by atoms with Crippen molar-refractivity contribution in [1.82, 2.24) is 4.98 Å². The average molecular weight is 276 g/mol. The molecule has 4 nitrogen and oxygen atoms in total. The first-order valence-electron chi connectivity index (χ1n) is 7.34. The van der Waals surface area contributed by atoms with Crippen molar-refractivity contribution in [2.75, 3.05) is 11.9 Å². The highest BCUT2D eigenvalue weighted by atomic mass is 16.7. The van der Waals surface area contributed by atoms with Gasteiger partial charge in [0.05, 0.1) is 11.2 Å². The molecule has 0 spiro atoms. The molecule has 1 aromatic rings. The van der Waals surface area contributed by atoms with E-state index in [9.17, 15) is 0 Å². The number of anilines is 1. The third kappa shape index (κ3) is 2.84. The van der Waals surface area contributed by atoms with Gasteiger partial charge in [-0.1, -0.05) is 13.0 Å². The summed E-state index contributed by atoms with van der Waals surface area (Å²) in [7, 11) is -0.368. The molecule has 5 heteroatoms. The molecule has 110 valence electrons. The van der Waals surface area contributed by atoms with E-state index < -0.39 is 0 Å². The fourth-order valence-corrected chi connectivity index (χ4v) is 2.11. The van der Waals surface area contributed by atoms with Gasteiger partial charge in [0, 0.05) is 17.7 Å².